The fourth-order valence-corrected chi connectivity index (χ4v) is 5.67. The topological polar surface area (TPSA) is 156 Å². The lowest BCUT2D eigenvalue weighted by Crippen LogP contribution is -2.52. The number of nitrogens with two attached hydrogens (primary N) is 1. The summed E-state index contributed by atoms with van der Waals surface area (Å²) < 4.78 is 39.8. The second kappa shape index (κ2) is 19.0. The van der Waals surface area contributed by atoms with Crippen molar-refractivity contribution < 1.29 is 42.3 Å². The van der Waals surface area contributed by atoms with Crippen LogP contribution in [0.3, 0.4) is 0 Å². The molecule has 0 aliphatic rings. The van der Waals surface area contributed by atoms with E-state index in [0.29, 0.717) is 12.0 Å². The van der Waals surface area contributed by atoms with E-state index in [1.165, 1.54) is 6.92 Å². The second-order valence-corrected chi connectivity index (χ2v) is 13.2. The molecule has 5 atom stereocenters. The van der Waals surface area contributed by atoms with Crippen LogP contribution in [0, 0.1) is 17.8 Å². The summed E-state index contributed by atoms with van der Waals surface area (Å²) in [6, 6.07) is 23.0. The molecule has 12 heteroatoms. The summed E-state index contributed by atoms with van der Waals surface area (Å²) in [7, 11) is 0. The normalized spacial score (nSPS) is 14.5. The predicted octanol–water partition coefficient (Wildman–Crippen LogP) is 5.59. The summed E-state index contributed by atoms with van der Waals surface area (Å²) in [5.74, 6) is -5.35. The van der Waals surface area contributed by atoms with E-state index in [1.807, 2.05) is 72.8 Å². The van der Waals surface area contributed by atoms with Crippen LogP contribution in [0.4, 0.5) is 13.2 Å². The van der Waals surface area contributed by atoms with E-state index >= 15 is 0 Å². The number of hydrogen-bond acceptors (Lipinski definition) is 6. The summed E-state index contributed by atoms with van der Waals surface area (Å²) in [5, 5.41) is 14.7. The second-order valence-electron chi connectivity index (χ2n) is 13.2. The molecule has 274 valence electrons. The van der Waals surface area contributed by atoms with Crippen LogP contribution in [0.25, 0.3) is 11.1 Å². The highest BCUT2D eigenvalue weighted by atomic mass is 19.4. The molecule has 0 fully saturated rings. The van der Waals surface area contributed by atoms with Gasteiger partial charge in [0, 0.05) is 36.7 Å². The SMILES string of the molecule is CC(C)[C@H](CC(=O)c1ccc(-c2ccccc2)cc1)C(=O)N[C@@H](CCc1ccccc1)C(=O)C[C@@H](C)C(=O)NC(CCC(N)=O)C(O)C(F)(F)F. The van der Waals surface area contributed by atoms with Crippen LogP contribution in [0.2, 0.25) is 0 Å². The van der Waals surface area contributed by atoms with Crippen molar-refractivity contribution in [1.82, 2.24) is 10.6 Å². The molecule has 0 radical (unpaired) electrons. The first-order valence-corrected chi connectivity index (χ1v) is 17.0. The predicted molar refractivity (Wildman–Crippen MR) is 187 cm³/mol. The zero-order valence-electron chi connectivity index (χ0n) is 29.0. The number of nitrogens with one attached hydrogen (secondary N) is 2. The van der Waals surface area contributed by atoms with Crippen molar-refractivity contribution >= 4 is 29.3 Å². The van der Waals surface area contributed by atoms with Crippen LogP contribution in [0.5, 0.6) is 0 Å². The van der Waals surface area contributed by atoms with Crippen molar-refractivity contribution in [3.63, 3.8) is 0 Å². The van der Waals surface area contributed by atoms with Gasteiger partial charge in [0.05, 0.1) is 12.1 Å². The maximum Gasteiger partial charge on any atom is 0.416 e. The van der Waals surface area contributed by atoms with Gasteiger partial charge in [0.25, 0.3) is 0 Å². The van der Waals surface area contributed by atoms with Gasteiger partial charge in [-0.05, 0) is 41.9 Å². The Morgan fingerprint density at radius 3 is 1.86 bits per heavy atom. The van der Waals surface area contributed by atoms with E-state index in [1.54, 1.807) is 26.0 Å². The zero-order chi connectivity index (χ0) is 37.7. The molecule has 0 aliphatic heterocycles. The van der Waals surface area contributed by atoms with Gasteiger partial charge in [-0.15, -0.1) is 0 Å². The number of ketones is 2. The summed E-state index contributed by atoms with van der Waals surface area (Å²) in [6.45, 7) is 4.94. The molecule has 3 aromatic rings. The quantitative estimate of drug-likeness (QED) is 0.119. The number of aliphatic hydroxyl groups excluding tert-OH is 1. The van der Waals surface area contributed by atoms with Gasteiger partial charge in [-0.1, -0.05) is 106 Å². The van der Waals surface area contributed by atoms with Crippen LogP contribution in [-0.4, -0.2) is 58.8 Å². The Morgan fingerprint density at radius 1 is 0.745 bits per heavy atom. The number of carbonyl (C=O) groups excluding carboxylic acids is 5. The molecule has 0 spiro atoms. The van der Waals surface area contributed by atoms with E-state index < -0.39 is 79.0 Å². The number of halogens is 3. The number of benzene rings is 3. The standard InChI is InChI=1S/C39H46F3N3O6/c1-24(2)30(23-33(46)29-17-15-28(16-18-29)27-12-8-5-9-13-27)38(51)44-31(19-14-26-10-6-4-7-11-26)34(47)22-25(3)37(50)45-32(20-21-35(43)48)36(49)39(40,41)42/h4-13,15-18,24-25,30-32,36,49H,14,19-23H2,1-3H3,(H2,43,48)(H,44,51)(H,45,50)/t25-,30+,31+,32?,36?/m1/s1. The first-order chi connectivity index (χ1) is 24.1. The fraction of sp³-hybridized carbons (Fsp3) is 0.410. The van der Waals surface area contributed by atoms with Gasteiger partial charge in [-0.25, -0.2) is 0 Å². The smallest absolute Gasteiger partial charge is 0.382 e. The molecule has 9 nitrogen and oxygen atoms in total. The lowest BCUT2D eigenvalue weighted by molar-refractivity contribution is -0.213. The van der Waals surface area contributed by atoms with Crippen molar-refractivity contribution in [2.45, 2.75) is 83.7 Å². The maximum absolute atomic E-state index is 13.7. The van der Waals surface area contributed by atoms with Crippen LogP contribution >= 0.6 is 0 Å². The molecule has 51 heavy (non-hydrogen) atoms. The molecule has 3 aromatic carbocycles. The van der Waals surface area contributed by atoms with Crippen LogP contribution in [0.15, 0.2) is 84.9 Å². The number of hydrogen-bond donors (Lipinski definition) is 4. The van der Waals surface area contributed by atoms with Crippen molar-refractivity contribution in [2.24, 2.45) is 23.5 Å². The van der Waals surface area contributed by atoms with Gasteiger partial charge < -0.3 is 21.5 Å². The minimum absolute atomic E-state index is 0.110. The monoisotopic (exact) mass is 709 g/mol. The van der Waals surface area contributed by atoms with Gasteiger partial charge in [-0.2, -0.15) is 13.2 Å². The van der Waals surface area contributed by atoms with E-state index in [0.717, 1.165) is 16.7 Å². The summed E-state index contributed by atoms with van der Waals surface area (Å²) >= 11 is 0. The Morgan fingerprint density at radius 2 is 1.31 bits per heavy atom. The third-order valence-corrected chi connectivity index (χ3v) is 8.83. The number of aryl methyl sites for hydroxylation is 1. The molecule has 0 aromatic heterocycles. The van der Waals surface area contributed by atoms with Gasteiger partial charge in [-0.3, -0.25) is 24.0 Å². The third-order valence-electron chi connectivity index (χ3n) is 8.83. The van der Waals surface area contributed by atoms with Crippen molar-refractivity contribution in [1.29, 1.82) is 0 Å². The van der Waals surface area contributed by atoms with Gasteiger partial charge >= 0.3 is 6.18 Å². The maximum atomic E-state index is 13.7. The summed E-state index contributed by atoms with van der Waals surface area (Å²) in [5.41, 5.74) is 8.32. The largest absolute Gasteiger partial charge is 0.416 e. The number of amides is 3. The van der Waals surface area contributed by atoms with Crippen LogP contribution in [-0.2, 0) is 25.6 Å². The molecule has 2 unspecified atom stereocenters. The van der Waals surface area contributed by atoms with Crippen molar-refractivity contribution in [3.05, 3.63) is 96.1 Å². The summed E-state index contributed by atoms with van der Waals surface area (Å²) in [4.78, 5) is 64.9. The molecule has 0 saturated carbocycles. The highest BCUT2D eigenvalue weighted by molar-refractivity contribution is 6.00. The number of Topliss-reactive ketones (excluding diaryl/α,β-unsaturated/α-hetero) is 2. The van der Waals surface area contributed by atoms with E-state index in [-0.39, 0.29) is 24.5 Å². The zero-order valence-corrected chi connectivity index (χ0v) is 29.0. The molecule has 3 rings (SSSR count). The number of primary amides is 1. The van der Waals surface area contributed by atoms with E-state index in [9.17, 15) is 42.3 Å². The van der Waals surface area contributed by atoms with E-state index in [2.05, 4.69) is 10.6 Å². The molecule has 0 saturated heterocycles. The first kappa shape index (κ1) is 40.6. The molecule has 0 aliphatic carbocycles. The lowest BCUT2D eigenvalue weighted by Gasteiger charge is -2.27. The highest BCUT2D eigenvalue weighted by Crippen LogP contribution is 2.26. The number of carbonyl (C=O) groups is 5. The average molecular weight is 710 g/mol. The Balaban J connectivity index is 1.74. The average Bonchev–Trinajstić information content (AvgIpc) is 3.10. The molecular formula is C39H46F3N3O6. The van der Waals surface area contributed by atoms with Gasteiger partial charge in [0.15, 0.2) is 17.7 Å². The van der Waals surface area contributed by atoms with Crippen molar-refractivity contribution in [2.75, 3.05) is 0 Å². The number of alkyl halides is 3. The first-order valence-electron chi connectivity index (χ1n) is 17.0. The molecule has 0 bridgehead atoms. The number of aliphatic hydroxyl groups is 1. The van der Waals surface area contributed by atoms with Crippen LogP contribution < -0.4 is 16.4 Å². The molecular weight excluding hydrogens is 663 g/mol. The highest BCUT2D eigenvalue weighted by Gasteiger charge is 2.44. The van der Waals surface area contributed by atoms with Crippen LogP contribution in [0.1, 0.15) is 68.8 Å². The van der Waals surface area contributed by atoms with Gasteiger partial charge in [0.1, 0.15) is 0 Å². The Bertz CT molecular complexity index is 1610. The lowest BCUT2D eigenvalue weighted by atomic mass is 9.87. The van der Waals surface area contributed by atoms with Gasteiger partial charge in [0.2, 0.25) is 17.7 Å². The number of rotatable bonds is 19. The third kappa shape index (κ3) is 12.8. The van der Waals surface area contributed by atoms with Crippen molar-refractivity contribution in [3.8, 4) is 11.1 Å². The minimum Gasteiger partial charge on any atom is -0.382 e. The fourth-order valence-electron chi connectivity index (χ4n) is 5.67. The Labute approximate surface area is 296 Å². The Hall–Kier alpha value is -4.84. The minimum atomic E-state index is -5.08. The molecule has 5 N–H and O–H groups in total. The summed E-state index contributed by atoms with van der Waals surface area (Å²) in [6.07, 6.45) is -9.11. The van der Waals surface area contributed by atoms with E-state index in [4.69, 9.17) is 5.73 Å². The molecule has 0 heterocycles. The molecule has 3 amide bonds. The Kier molecular flexibility index (Phi) is 15.1.